The molecule has 0 aliphatic heterocycles. The molecule has 6 heteroatoms. The molecule has 0 heterocycles. The molecular weight excluding hydrogens is 360 g/mol. The third kappa shape index (κ3) is 10.8. The molecule has 150 valence electrons. The lowest BCUT2D eigenvalue weighted by Crippen LogP contribution is -2.07. The molecule has 1 aromatic carbocycles. The molecule has 28 heavy (non-hydrogen) atoms. The van der Waals surface area contributed by atoms with E-state index in [1.54, 1.807) is 12.1 Å². The lowest BCUT2D eigenvalue weighted by atomic mass is 10.1. The first-order chi connectivity index (χ1) is 13.4. The topological polar surface area (TPSA) is 78.9 Å². The van der Waals surface area contributed by atoms with E-state index in [0.29, 0.717) is 13.0 Å². The summed E-state index contributed by atoms with van der Waals surface area (Å²) in [5.41, 5.74) is 0.964. The summed E-state index contributed by atoms with van der Waals surface area (Å²) in [7, 11) is 0. The minimum absolute atomic E-state index is 0.227. The highest BCUT2D eigenvalue weighted by molar-refractivity contribution is 5.73. The Kier molecular flexibility index (Phi) is 10.7. The van der Waals surface area contributed by atoms with Crippen molar-refractivity contribution in [3.8, 4) is 11.5 Å². The normalized spacial score (nSPS) is 11.2. The smallest absolute Gasteiger partial charge is 0.308 e. The van der Waals surface area contributed by atoms with Gasteiger partial charge in [-0.2, -0.15) is 0 Å². The maximum Gasteiger partial charge on any atom is 0.308 e. The van der Waals surface area contributed by atoms with Crippen LogP contribution in [-0.2, 0) is 25.5 Å². The highest BCUT2D eigenvalue weighted by atomic mass is 16.6. The van der Waals surface area contributed by atoms with Gasteiger partial charge in [-0.3, -0.25) is 14.4 Å². The summed E-state index contributed by atoms with van der Waals surface area (Å²) < 4.78 is 15.0. The van der Waals surface area contributed by atoms with Crippen molar-refractivity contribution in [2.24, 2.45) is 0 Å². The fourth-order valence-corrected chi connectivity index (χ4v) is 2.18. The molecule has 0 unspecified atom stereocenters. The Morgan fingerprint density at radius 3 is 2.00 bits per heavy atom. The molecule has 0 amide bonds. The maximum absolute atomic E-state index is 11.2. The SMILES string of the molecule is CC(=O)OCCC=CC=CC=CCCc1ccc(OC(C)=O)c(OC(C)=O)c1. The van der Waals surface area contributed by atoms with Crippen LogP contribution < -0.4 is 9.47 Å². The van der Waals surface area contributed by atoms with Gasteiger partial charge in [-0.05, 0) is 37.0 Å². The highest BCUT2D eigenvalue weighted by Crippen LogP contribution is 2.29. The van der Waals surface area contributed by atoms with E-state index in [1.807, 2.05) is 42.5 Å². The predicted molar refractivity (Wildman–Crippen MR) is 106 cm³/mol. The Hall–Kier alpha value is -3.15. The lowest BCUT2D eigenvalue weighted by Gasteiger charge is -2.10. The van der Waals surface area contributed by atoms with Crippen LogP contribution in [0.5, 0.6) is 11.5 Å². The van der Waals surface area contributed by atoms with Gasteiger partial charge in [0.25, 0.3) is 0 Å². The molecule has 0 aromatic heterocycles. The Balaban J connectivity index is 2.47. The van der Waals surface area contributed by atoms with E-state index in [9.17, 15) is 14.4 Å². The van der Waals surface area contributed by atoms with Crippen molar-refractivity contribution >= 4 is 17.9 Å². The van der Waals surface area contributed by atoms with Crippen molar-refractivity contribution in [3.63, 3.8) is 0 Å². The fourth-order valence-electron chi connectivity index (χ4n) is 2.18. The van der Waals surface area contributed by atoms with Crippen molar-refractivity contribution < 1.29 is 28.6 Å². The maximum atomic E-state index is 11.2. The van der Waals surface area contributed by atoms with E-state index in [4.69, 9.17) is 14.2 Å². The quantitative estimate of drug-likeness (QED) is 0.261. The van der Waals surface area contributed by atoms with Crippen LogP contribution in [-0.4, -0.2) is 24.5 Å². The average Bonchev–Trinajstić information content (AvgIpc) is 2.60. The van der Waals surface area contributed by atoms with E-state index < -0.39 is 11.9 Å². The van der Waals surface area contributed by atoms with Crippen LogP contribution in [0.2, 0.25) is 0 Å². The van der Waals surface area contributed by atoms with Gasteiger partial charge < -0.3 is 14.2 Å². The molecule has 6 nitrogen and oxygen atoms in total. The summed E-state index contributed by atoms with van der Waals surface area (Å²) >= 11 is 0. The third-order valence-electron chi connectivity index (χ3n) is 3.31. The molecule has 0 bridgehead atoms. The zero-order valence-electron chi connectivity index (χ0n) is 16.5. The van der Waals surface area contributed by atoms with E-state index >= 15 is 0 Å². The van der Waals surface area contributed by atoms with Gasteiger partial charge in [0.2, 0.25) is 0 Å². The van der Waals surface area contributed by atoms with Crippen molar-refractivity contribution in [3.05, 3.63) is 60.2 Å². The van der Waals surface area contributed by atoms with Crippen molar-refractivity contribution in [2.75, 3.05) is 6.61 Å². The van der Waals surface area contributed by atoms with Crippen LogP contribution in [0, 0.1) is 0 Å². The summed E-state index contributed by atoms with van der Waals surface area (Å²) in [4.78, 5) is 33.0. The van der Waals surface area contributed by atoms with Crippen molar-refractivity contribution in [1.82, 2.24) is 0 Å². The number of carbonyl (C=O) groups is 3. The zero-order chi connectivity index (χ0) is 20.8. The van der Waals surface area contributed by atoms with Crippen LogP contribution in [0.4, 0.5) is 0 Å². The monoisotopic (exact) mass is 386 g/mol. The number of rotatable bonds is 10. The molecule has 0 saturated carbocycles. The average molecular weight is 386 g/mol. The standard InChI is InChI=1S/C22H26O6/c1-17(23)26-15-11-9-7-5-4-6-8-10-12-20-13-14-21(27-18(2)24)22(16-20)28-19(3)25/h4-9,13-14,16H,10-12,15H2,1-3H3. The summed E-state index contributed by atoms with van der Waals surface area (Å²) in [5, 5.41) is 0. The molecule has 0 aliphatic rings. The van der Waals surface area contributed by atoms with Gasteiger partial charge in [-0.15, -0.1) is 0 Å². The Bertz CT molecular complexity index is 758. The predicted octanol–water partition coefficient (Wildman–Crippen LogP) is 4.09. The van der Waals surface area contributed by atoms with Gasteiger partial charge in [0.05, 0.1) is 6.61 Å². The second-order valence-electron chi connectivity index (χ2n) is 5.88. The van der Waals surface area contributed by atoms with Crippen LogP contribution in [0.3, 0.4) is 0 Å². The Morgan fingerprint density at radius 1 is 0.786 bits per heavy atom. The number of hydrogen-bond donors (Lipinski definition) is 0. The molecule has 1 rings (SSSR count). The summed E-state index contributed by atoms with van der Waals surface area (Å²) in [6, 6.07) is 5.16. The van der Waals surface area contributed by atoms with Gasteiger partial charge in [0, 0.05) is 20.8 Å². The summed E-state index contributed by atoms with van der Waals surface area (Å²) in [6.07, 6.45) is 13.8. The minimum atomic E-state index is -0.476. The number of benzene rings is 1. The minimum Gasteiger partial charge on any atom is -0.466 e. The van der Waals surface area contributed by atoms with Crippen LogP contribution in [0.1, 0.15) is 39.2 Å². The molecule has 0 saturated heterocycles. The number of esters is 3. The highest BCUT2D eigenvalue weighted by Gasteiger charge is 2.10. The van der Waals surface area contributed by atoms with E-state index in [0.717, 1.165) is 18.4 Å². The molecule has 0 spiro atoms. The zero-order valence-corrected chi connectivity index (χ0v) is 16.5. The van der Waals surface area contributed by atoms with E-state index in [1.165, 1.54) is 20.8 Å². The largest absolute Gasteiger partial charge is 0.466 e. The number of ether oxygens (including phenoxy) is 3. The van der Waals surface area contributed by atoms with Gasteiger partial charge in [-0.25, -0.2) is 0 Å². The van der Waals surface area contributed by atoms with E-state index in [-0.39, 0.29) is 17.5 Å². The van der Waals surface area contributed by atoms with E-state index in [2.05, 4.69) is 0 Å². The first kappa shape index (κ1) is 22.9. The fraction of sp³-hybridized carbons (Fsp3) is 0.318. The van der Waals surface area contributed by atoms with Crippen molar-refractivity contribution in [1.29, 1.82) is 0 Å². The number of aryl methyl sites for hydroxylation is 1. The molecule has 0 radical (unpaired) electrons. The molecule has 0 atom stereocenters. The third-order valence-corrected chi connectivity index (χ3v) is 3.31. The van der Waals surface area contributed by atoms with Crippen LogP contribution in [0.25, 0.3) is 0 Å². The molecule has 0 fully saturated rings. The second-order valence-corrected chi connectivity index (χ2v) is 5.88. The summed E-state index contributed by atoms with van der Waals surface area (Å²) in [5.74, 6) is -0.756. The number of carbonyl (C=O) groups excluding carboxylic acids is 3. The Labute approximate surface area is 165 Å². The molecule has 0 N–H and O–H groups in total. The van der Waals surface area contributed by atoms with Crippen LogP contribution >= 0.6 is 0 Å². The Morgan fingerprint density at radius 2 is 1.39 bits per heavy atom. The lowest BCUT2D eigenvalue weighted by molar-refractivity contribution is -0.140. The number of allylic oxidation sites excluding steroid dienone is 5. The van der Waals surface area contributed by atoms with Gasteiger partial charge in [0.1, 0.15) is 0 Å². The second kappa shape index (κ2) is 13.1. The first-order valence-corrected chi connectivity index (χ1v) is 9.00. The molecular formula is C22H26O6. The molecule has 0 aliphatic carbocycles. The van der Waals surface area contributed by atoms with Gasteiger partial charge in [0.15, 0.2) is 11.5 Å². The van der Waals surface area contributed by atoms with Gasteiger partial charge >= 0.3 is 17.9 Å². The number of hydrogen-bond acceptors (Lipinski definition) is 6. The first-order valence-electron chi connectivity index (χ1n) is 9.00. The van der Waals surface area contributed by atoms with Crippen molar-refractivity contribution in [2.45, 2.75) is 40.0 Å². The van der Waals surface area contributed by atoms with Gasteiger partial charge in [-0.1, -0.05) is 42.5 Å². The molecule has 1 aromatic rings. The summed E-state index contributed by atoms with van der Waals surface area (Å²) in [6.45, 7) is 4.36. The van der Waals surface area contributed by atoms with Crippen LogP contribution in [0.15, 0.2) is 54.7 Å².